The highest BCUT2D eigenvalue weighted by atomic mass is 16.6. The van der Waals surface area contributed by atoms with Crippen LogP contribution in [-0.4, -0.2) is 69.4 Å². The van der Waals surface area contributed by atoms with E-state index in [1.165, 1.54) is 0 Å². The maximum Gasteiger partial charge on any atom is 0.409 e. The fourth-order valence-electron chi connectivity index (χ4n) is 2.95. The second kappa shape index (κ2) is 8.01. The van der Waals surface area contributed by atoms with E-state index >= 15 is 0 Å². The quantitative estimate of drug-likeness (QED) is 0.874. The molecule has 1 N–H and O–H groups in total. The number of carbonyl (C=O) groups excluding carboxylic acids is 2. The van der Waals surface area contributed by atoms with E-state index < -0.39 is 0 Å². The number of rotatable bonds is 5. The molecule has 2 heterocycles. The maximum absolute atomic E-state index is 12.5. The Hall–Kier alpha value is -2.28. The van der Waals surface area contributed by atoms with Crippen molar-refractivity contribution < 1.29 is 19.1 Å². The van der Waals surface area contributed by atoms with E-state index in [9.17, 15) is 9.59 Å². The van der Waals surface area contributed by atoms with Crippen LogP contribution in [0.5, 0.6) is 0 Å². The van der Waals surface area contributed by atoms with Gasteiger partial charge in [-0.2, -0.15) is 0 Å². The van der Waals surface area contributed by atoms with Gasteiger partial charge in [-0.15, -0.1) is 0 Å². The highest BCUT2D eigenvalue weighted by Crippen LogP contribution is 2.21. The van der Waals surface area contributed by atoms with E-state index in [-0.39, 0.29) is 12.0 Å². The lowest BCUT2D eigenvalue weighted by Crippen LogP contribution is -2.43. The van der Waals surface area contributed by atoms with E-state index in [0.717, 1.165) is 25.2 Å². The van der Waals surface area contributed by atoms with Crippen LogP contribution >= 0.6 is 0 Å². The van der Waals surface area contributed by atoms with Crippen molar-refractivity contribution >= 4 is 17.7 Å². The Bertz CT molecular complexity index is 587. The lowest BCUT2D eigenvalue weighted by atomic mass is 10.1. The van der Waals surface area contributed by atoms with Gasteiger partial charge < -0.3 is 24.6 Å². The molecule has 24 heavy (non-hydrogen) atoms. The van der Waals surface area contributed by atoms with E-state index in [1.54, 1.807) is 4.90 Å². The monoisotopic (exact) mass is 333 g/mol. The minimum atomic E-state index is -0.302. The maximum atomic E-state index is 12.5. The fraction of sp³-hybridized carbons (Fsp3) is 0.529. The van der Waals surface area contributed by atoms with Crippen LogP contribution < -0.4 is 10.2 Å². The van der Waals surface area contributed by atoms with Crippen molar-refractivity contribution in [2.75, 3.05) is 57.4 Å². The number of amides is 2. The number of hydrogen-bond acceptors (Lipinski definition) is 5. The number of nitrogens with zero attached hydrogens (tertiary/aromatic N) is 2. The van der Waals surface area contributed by atoms with Crippen molar-refractivity contribution in [1.82, 2.24) is 10.2 Å². The van der Waals surface area contributed by atoms with E-state index in [4.69, 9.17) is 9.47 Å². The van der Waals surface area contributed by atoms with Crippen molar-refractivity contribution in [2.45, 2.75) is 6.42 Å². The molecule has 1 aromatic carbocycles. The van der Waals surface area contributed by atoms with Crippen LogP contribution in [0.4, 0.5) is 10.5 Å². The Labute approximate surface area is 141 Å². The smallest absolute Gasteiger partial charge is 0.409 e. The molecule has 2 saturated heterocycles. The highest BCUT2D eigenvalue weighted by Gasteiger charge is 2.21. The lowest BCUT2D eigenvalue weighted by molar-refractivity contribution is 0.0719. The number of cyclic esters (lactones) is 1. The molecular weight excluding hydrogens is 310 g/mol. The molecule has 0 atom stereocenters. The molecule has 2 amide bonds. The van der Waals surface area contributed by atoms with Crippen molar-refractivity contribution in [3.63, 3.8) is 0 Å². The number of carbonyl (C=O) groups is 2. The Morgan fingerprint density at radius 1 is 1.12 bits per heavy atom. The number of morpholine rings is 1. The topological polar surface area (TPSA) is 71.1 Å². The summed E-state index contributed by atoms with van der Waals surface area (Å²) in [7, 11) is 0. The van der Waals surface area contributed by atoms with Crippen molar-refractivity contribution in [1.29, 1.82) is 0 Å². The van der Waals surface area contributed by atoms with Crippen LogP contribution in [0.3, 0.4) is 0 Å². The van der Waals surface area contributed by atoms with Crippen LogP contribution in [0.2, 0.25) is 0 Å². The minimum absolute atomic E-state index is 0.123. The zero-order valence-corrected chi connectivity index (χ0v) is 13.7. The van der Waals surface area contributed by atoms with Crippen LogP contribution in [0, 0.1) is 0 Å². The third kappa shape index (κ3) is 3.97. The average Bonchev–Trinajstić information content (AvgIpc) is 2.64. The standard InChI is InChI=1S/C17H23N3O4/c21-16(18-6-8-20-7-3-11-24-17(20)22)14-4-1-2-5-15(14)19-9-12-23-13-10-19/h1-2,4-5H,3,6-13H2,(H,18,21). The number of anilines is 1. The van der Waals surface area contributed by atoms with Gasteiger partial charge in [-0.05, 0) is 18.6 Å². The second-order valence-corrected chi connectivity index (χ2v) is 5.83. The Kier molecular flexibility index (Phi) is 5.53. The van der Waals surface area contributed by atoms with E-state index in [0.29, 0.717) is 45.0 Å². The third-order valence-corrected chi connectivity index (χ3v) is 4.22. The SMILES string of the molecule is O=C(NCCN1CCCOC1=O)c1ccccc1N1CCOCC1. The summed E-state index contributed by atoms with van der Waals surface area (Å²) in [5, 5.41) is 2.90. The summed E-state index contributed by atoms with van der Waals surface area (Å²) in [6.45, 7) is 4.94. The van der Waals surface area contributed by atoms with Crippen LogP contribution in [-0.2, 0) is 9.47 Å². The van der Waals surface area contributed by atoms with Gasteiger partial charge in [0.05, 0.1) is 25.4 Å². The minimum Gasteiger partial charge on any atom is -0.449 e. The Balaban J connectivity index is 1.57. The summed E-state index contributed by atoms with van der Waals surface area (Å²) in [6, 6.07) is 7.59. The lowest BCUT2D eigenvalue weighted by Gasteiger charge is -2.30. The second-order valence-electron chi connectivity index (χ2n) is 5.83. The summed E-state index contributed by atoms with van der Waals surface area (Å²) in [5.74, 6) is -0.123. The van der Waals surface area contributed by atoms with E-state index in [2.05, 4.69) is 10.2 Å². The average molecular weight is 333 g/mol. The molecule has 2 aliphatic heterocycles. The number of para-hydroxylation sites is 1. The Morgan fingerprint density at radius 3 is 2.71 bits per heavy atom. The van der Waals surface area contributed by atoms with E-state index in [1.807, 2.05) is 24.3 Å². The van der Waals surface area contributed by atoms with Gasteiger partial charge in [0.15, 0.2) is 0 Å². The molecule has 0 radical (unpaired) electrons. The molecule has 3 rings (SSSR count). The molecule has 0 spiro atoms. The first-order valence-corrected chi connectivity index (χ1v) is 8.37. The largest absolute Gasteiger partial charge is 0.449 e. The number of hydrogen-bond donors (Lipinski definition) is 1. The van der Waals surface area contributed by atoms with Gasteiger partial charge in [0.2, 0.25) is 0 Å². The summed E-state index contributed by atoms with van der Waals surface area (Å²) in [5.41, 5.74) is 1.58. The van der Waals surface area contributed by atoms with Gasteiger partial charge in [0.1, 0.15) is 0 Å². The molecule has 0 aliphatic carbocycles. The first-order valence-electron chi connectivity index (χ1n) is 8.37. The normalized spacial score (nSPS) is 18.2. The van der Waals surface area contributed by atoms with Gasteiger partial charge in [-0.1, -0.05) is 12.1 Å². The molecule has 2 aliphatic rings. The molecular formula is C17H23N3O4. The summed E-state index contributed by atoms with van der Waals surface area (Å²) in [6.07, 6.45) is 0.531. The van der Waals surface area contributed by atoms with Crippen LogP contribution in [0.25, 0.3) is 0 Å². The third-order valence-electron chi connectivity index (χ3n) is 4.22. The van der Waals surface area contributed by atoms with Gasteiger partial charge >= 0.3 is 6.09 Å². The molecule has 0 unspecified atom stereocenters. The fourth-order valence-corrected chi connectivity index (χ4v) is 2.95. The number of nitrogens with one attached hydrogen (secondary N) is 1. The predicted octanol–water partition coefficient (Wildman–Crippen LogP) is 1.10. The number of ether oxygens (including phenoxy) is 2. The molecule has 1 aromatic rings. The van der Waals surface area contributed by atoms with Crippen molar-refractivity contribution in [3.05, 3.63) is 29.8 Å². The van der Waals surface area contributed by atoms with Crippen LogP contribution in [0.1, 0.15) is 16.8 Å². The number of benzene rings is 1. The van der Waals surface area contributed by atoms with Crippen LogP contribution in [0.15, 0.2) is 24.3 Å². The van der Waals surface area contributed by atoms with Crippen molar-refractivity contribution in [3.8, 4) is 0 Å². The molecule has 7 nitrogen and oxygen atoms in total. The molecule has 130 valence electrons. The summed E-state index contributed by atoms with van der Waals surface area (Å²) >= 11 is 0. The first kappa shape index (κ1) is 16.6. The Morgan fingerprint density at radius 2 is 1.92 bits per heavy atom. The van der Waals surface area contributed by atoms with Crippen molar-refractivity contribution in [2.24, 2.45) is 0 Å². The first-order chi connectivity index (χ1) is 11.8. The zero-order chi connectivity index (χ0) is 16.8. The molecule has 7 heteroatoms. The highest BCUT2D eigenvalue weighted by molar-refractivity contribution is 5.99. The van der Waals surface area contributed by atoms with Gasteiger partial charge in [0, 0.05) is 38.4 Å². The molecule has 0 saturated carbocycles. The molecule has 2 fully saturated rings. The predicted molar refractivity (Wildman–Crippen MR) is 89.3 cm³/mol. The summed E-state index contributed by atoms with van der Waals surface area (Å²) < 4.78 is 10.4. The van der Waals surface area contributed by atoms with Gasteiger partial charge in [0.25, 0.3) is 5.91 Å². The molecule has 0 aromatic heterocycles. The zero-order valence-electron chi connectivity index (χ0n) is 13.7. The van der Waals surface area contributed by atoms with Gasteiger partial charge in [-0.25, -0.2) is 4.79 Å². The molecule has 0 bridgehead atoms. The van der Waals surface area contributed by atoms with Gasteiger partial charge in [-0.3, -0.25) is 4.79 Å². The summed E-state index contributed by atoms with van der Waals surface area (Å²) in [4.78, 5) is 27.9.